The number of hydrogen-bond acceptors (Lipinski definition) is 4. The van der Waals surface area contributed by atoms with Crippen molar-refractivity contribution in [3.8, 4) is 0 Å². The fraction of sp³-hybridized carbons (Fsp3) is 0.222. The standard InChI is InChI=1S/C18H16FN3O4/c1-11-13(4-3-5-16(11)22(25)26)10-20-17(23)12(2)21(18(20)24)15-8-6-14(19)7-9-15/h3-9,12H,10H2,1-2H3. The van der Waals surface area contributed by atoms with Gasteiger partial charge in [-0.1, -0.05) is 12.1 Å². The molecule has 0 N–H and O–H groups in total. The van der Waals surface area contributed by atoms with Crippen molar-refractivity contribution in [1.82, 2.24) is 4.90 Å². The number of carbonyl (C=O) groups excluding carboxylic acids is 2. The average molecular weight is 357 g/mol. The molecule has 26 heavy (non-hydrogen) atoms. The molecule has 7 nitrogen and oxygen atoms in total. The first-order valence-electron chi connectivity index (χ1n) is 7.94. The van der Waals surface area contributed by atoms with E-state index in [1.807, 2.05) is 0 Å². The van der Waals surface area contributed by atoms with E-state index in [1.165, 1.54) is 41.3 Å². The molecule has 0 aliphatic carbocycles. The predicted octanol–water partition coefficient (Wildman–Crippen LogP) is 3.40. The second-order valence-corrected chi connectivity index (χ2v) is 6.05. The van der Waals surface area contributed by atoms with E-state index in [0.29, 0.717) is 16.8 Å². The summed E-state index contributed by atoms with van der Waals surface area (Å²) in [5.41, 5.74) is 1.28. The Labute approximate surface area is 148 Å². The van der Waals surface area contributed by atoms with Crippen molar-refractivity contribution in [2.45, 2.75) is 26.4 Å². The minimum absolute atomic E-state index is 0.0623. The number of rotatable bonds is 4. The van der Waals surface area contributed by atoms with Crippen LogP contribution in [0, 0.1) is 22.9 Å². The number of amides is 3. The van der Waals surface area contributed by atoms with Crippen molar-refractivity contribution in [3.05, 3.63) is 69.5 Å². The van der Waals surface area contributed by atoms with E-state index in [4.69, 9.17) is 0 Å². The molecule has 3 amide bonds. The van der Waals surface area contributed by atoms with Crippen molar-refractivity contribution >= 4 is 23.3 Å². The van der Waals surface area contributed by atoms with Crippen molar-refractivity contribution in [2.24, 2.45) is 0 Å². The largest absolute Gasteiger partial charge is 0.332 e. The first kappa shape index (κ1) is 17.5. The van der Waals surface area contributed by atoms with Crippen molar-refractivity contribution in [1.29, 1.82) is 0 Å². The van der Waals surface area contributed by atoms with Gasteiger partial charge in [0.25, 0.3) is 11.6 Å². The third-order valence-corrected chi connectivity index (χ3v) is 4.50. The Morgan fingerprint density at radius 1 is 1.15 bits per heavy atom. The van der Waals surface area contributed by atoms with Gasteiger partial charge in [0.15, 0.2) is 0 Å². The maximum Gasteiger partial charge on any atom is 0.332 e. The summed E-state index contributed by atoms with van der Waals surface area (Å²) in [4.78, 5) is 38.2. The monoisotopic (exact) mass is 357 g/mol. The van der Waals surface area contributed by atoms with Gasteiger partial charge in [0.05, 0.1) is 11.5 Å². The second-order valence-electron chi connectivity index (χ2n) is 6.05. The number of carbonyl (C=O) groups is 2. The van der Waals surface area contributed by atoms with Gasteiger partial charge in [-0.2, -0.15) is 0 Å². The van der Waals surface area contributed by atoms with Crippen molar-refractivity contribution in [3.63, 3.8) is 0 Å². The molecular weight excluding hydrogens is 341 g/mol. The van der Waals surface area contributed by atoms with Gasteiger partial charge in [-0.25, -0.2) is 9.18 Å². The molecule has 2 aromatic carbocycles. The molecule has 1 unspecified atom stereocenters. The zero-order chi connectivity index (χ0) is 19.0. The van der Waals surface area contributed by atoms with Gasteiger partial charge in [-0.3, -0.25) is 24.7 Å². The highest BCUT2D eigenvalue weighted by Crippen LogP contribution is 2.29. The molecule has 0 saturated carbocycles. The third kappa shape index (κ3) is 2.90. The van der Waals surface area contributed by atoms with E-state index in [2.05, 4.69) is 0 Å². The van der Waals surface area contributed by atoms with Crippen LogP contribution in [0.4, 0.5) is 20.6 Å². The summed E-state index contributed by atoms with van der Waals surface area (Å²) in [7, 11) is 0. The van der Waals surface area contributed by atoms with Crippen LogP contribution in [0.1, 0.15) is 18.1 Å². The molecule has 0 spiro atoms. The average Bonchev–Trinajstić information content (AvgIpc) is 2.81. The van der Waals surface area contributed by atoms with E-state index in [-0.39, 0.29) is 12.2 Å². The van der Waals surface area contributed by atoms with Crippen LogP contribution in [0.3, 0.4) is 0 Å². The second kappa shape index (κ2) is 6.55. The van der Waals surface area contributed by atoms with Crippen LogP contribution < -0.4 is 4.90 Å². The number of urea groups is 1. The number of nitro benzene ring substituents is 1. The van der Waals surface area contributed by atoms with E-state index in [1.54, 1.807) is 19.9 Å². The smallest absolute Gasteiger partial charge is 0.282 e. The Kier molecular flexibility index (Phi) is 4.41. The Morgan fingerprint density at radius 3 is 2.42 bits per heavy atom. The van der Waals surface area contributed by atoms with Crippen LogP contribution in [0.5, 0.6) is 0 Å². The summed E-state index contributed by atoms with van der Waals surface area (Å²) in [6.07, 6.45) is 0. The van der Waals surface area contributed by atoms with E-state index in [0.717, 1.165) is 4.90 Å². The van der Waals surface area contributed by atoms with Crippen LogP contribution in [0.25, 0.3) is 0 Å². The summed E-state index contributed by atoms with van der Waals surface area (Å²) in [5.74, 6) is -0.853. The Balaban J connectivity index is 1.91. The Bertz CT molecular complexity index is 898. The summed E-state index contributed by atoms with van der Waals surface area (Å²) in [5, 5.41) is 11.1. The molecule has 134 valence electrons. The van der Waals surface area contributed by atoms with Gasteiger partial charge in [-0.05, 0) is 43.7 Å². The molecule has 3 rings (SSSR count). The number of halogens is 1. The quantitative estimate of drug-likeness (QED) is 0.477. The first-order chi connectivity index (χ1) is 12.3. The predicted molar refractivity (Wildman–Crippen MR) is 92.1 cm³/mol. The maximum absolute atomic E-state index is 13.1. The molecule has 0 radical (unpaired) electrons. The highest BCUT2D eigenvalue weighted by Gasteiger charge is 2.43. The molecule has 1 heterocycles. The van der Waals surface area contributed by atoms with E-state index in [9.17, 15) is 24.1 Å². The lowest BCUT2D eigenvalue weighted by molar-refractivity contribution is -0.385. The molecule has 1 fully saturated rings. The lowest BCUT2D eigenvalue weighted by Crippen LogP contribution is -2.33. The summed E-state index contributed by atoms with van der Waals surface area (Å²) < 4.78 is 13.1. The van der Waals surface area contributed by atoms with Crippen LogP contribution in [-0.4, -0.2) is 27.8 Å². The molecular formula is C18H16FN3O4. The molecule has 1 saturated heterocycles. The van der Waals surface area contributed by atoms with Crippen LogP contribution in [0.2, 0.25) is 0 Å². The Hall–Kier alpha value is -3.29. The number of imide groups is 1. The topological polar surface area (TPSA) is 83.8 Å². The minimum atomic E-state index is -0.744. The number of anilines is 1. The normalized spacial score (nSPS) is 17.1. The highest BCUT2D eigenvalue weighted by atomic mass is 19.1. The van der Waals surface area contributed by atoms with E-state index >= 15 is 0 Å². The zero-order valence-electron chi connectivity index (χ0n) is 14.2. The number of nitrogens with zero attached hydrogens (tertiary/aromatic N) is 3. The molecule has 0 aromatic heterocycles. The van der Waals surface area contributed by atoms with Gasteiger partial charge in [0, 0.05) is 17.3 Å². The van der Waals surface area contributed by atoms with Crippen LogP contribution in [0.15, 0.2) is 42.5 Å². The lowest BCUT2D eigenvalue weighted by atomic mass is 10.1. The number of hydrogen-bond donors (Lipinski definition) is 0. The van der Waals surface area contributed by atoms with Gasteiger partial charge in [0.1, 0.15) is 11.9 Å². The van der Waals surface area contributed by atoms with Crippen LogP contribution in [-0.2, 0) is 11.3 Å². The zero-order valence-corrected chi connectivity index (χ0v) is 14.2. The highest BCUT2D eigenvalue weighted by molar-refractivity contribution is 6.14. The summed E-state index contributed by atoms with van der Waals surface area (Å²) in [6.45, 7) is 3.11. The first-order valence-corrected chi connectivity index (χ1v) is 7.94. The Morgan fingerprint density at radius 2 is 1.81 bits per heavy atom. The third-order valence-electron chi connectivity index (χ3n) is 4.50. The SMILES string of the molecule is Cc1c(CN2C(=O)C(C)N(c3ccc(F)cc3)C2=O)cccc1[N+](=O)[O-]. The molecule has 2 aromatic rings. The van der Waals surface area contributed by atoms with Gasteiger partial charge >= 0.3 is 6.03 Å². The molecule has 8 heteroatoms. The van der Waals surface area contributed by atoms with E-state index < -0.39 is 28.7 Å². The van der Waals surface area contributed by atoms with Crippen molar-refractivity contribution in [2.75, 3.05) is 4.90 Å². The van der Waals surface area contributed by atoms with Gasteiger partial charge < -0.3 is 0 Å². The molecule has 0 bridgehead atoms. The number of nitro groups is 1. The molecule has 1 aliphatic rings. The fourth-order valence-corrected chi connectivity index (χ4v) is 3.02. The number of benzene rings is 2. The summed E-state index contributed by atoms with van der Waals surface area (Å²) >= 11 is 0. The maximum atomic E-state index is 13.1. The lowest BCUT2D eigenvalue weighted by Gasteiger charge is -2.19. The minimum Gasteiger partial charge on any atom is -0.282 e. The molecule has 1 aliphatic heterocycles. The molecule has 1 atom stereocenters. The van der Waals surface area contributed by atoms with Crippen molar-refractivity contribution < 1.29 is 18.9 Å². The fourth-order valence-electron chi connectivity index (χ4n) is 3.02. The summed E-state index contributed by atoms with van der Waals surface area (Å²) in [6, 6.07) is 8.55. The van der Waals surface area contributed by atoms with Gasteiger partial charge in [0.2, 0.25) is 0 Å². The van der Waals surface area contributed by atoms with Gasteiger partial charge in [-0.15, -0.1) is 0 Å². The van der Waals surface area contributed by atoms with Crippen LogP contribution >= 0.6 is 0 Å².